The molecular formula is C27H26ClN5O5. The molecular weight excluding hydrogens is 510 g/mol. The zero-order valence-electron chi connectivity index (χ0n) is 21.1. The lowest BCUT2D eigenvalue weighted by atomic mass is 10.2. The van der Waals surface area contributed by atoms with Gasteiger partial charge in [-0.25, -0.2) is 19.6 Å². The minimum atomic E-state index is -1.16. The molecule has 10 nitrogen and oxygen atoms in total. The van der Waals surface area contributed by atoms with Crippen molar-refractivity contribution in [3.63, 3.8) is 0 Å². The average molecular weight is 536 g/mol. The summed E-state index contributed by atoms with van der Waals surface area (Å²) in [6, 6.07) is 14.9. The summed E-state index contributed by atoms with van der Waals surface area (Å²) in [7, 11) is 0. The Labute approximate surface area is 223 Å². The Bertz CT molecular complexity index is 1610. The molecule has 0 saturated carbocycles. The third-order valence-corrected chi connectivity index (χ3v) is 6.05. The van der Waals surface area contributed by atoms with Crippen LogP contribution < -0.4 is 21.3 Å². The zero-order chi connectivity index (χ0) is 27.4. The predicted octanol–water partition coefficient (Wildman–Crippen LogP) is 4.76. The number of ether oxygens (including phenoxy) is 1. The van der Waals surface area contributed by atoms with Gasteiger partial charge in [0.15, 0.2) is 11.4 Å². The molecule has 4 rings (SSSR count). The number of aryl methyl sites for hydroxylation is 1. The molecule has 38 heavy (non-hydrogen) atoms. The first-order valence-electron chi connectivity index (χ1n) is 11.9. The smallest absolute Gasteiger partial charge is 0.354 e. The maximum Gasteiger partial charge on any atom is 0.354 e. The Hall–Kier alpha value is -4.44. The lowest BCUT2D eigenvalue weighted by molar-refractivity contribution is 0.0689. The van der Waals surface area contributed by atoms with Crippen LogP contribution in [0.3, 0.4) is 0 Å². The van der Waals surface area contributed by atoms with Crippen molar-refractivity contribution in [2.75, 3.05) is 5.32 Å². The number of benzene rings is 1. The Morgan fingerprint density at radius 2 is 1.76 bits per heavy atom. The van der Waals surface area contributed by atoms with E-state index in [1.807, 2.05) is 19.1 Å². The van der Waals surface area contributed by atoms with Crippen LogP contribution in [-0.2, 0) is 13.1 Å². The minimum Gasteiger partial charge on any atom is -0.477 e. The molecule has 1 aromatic carbocycles. The lowest BCUT2D eigenvalue weighted by Crippen LogP contribution is -2.42. The second-order valence-corrected chi connectivity index (χ2v) is 9.04. The quantitative estimate of drug-likeness (QED) is 0.314. The summed E-state index contributed by atoms with van der Waals surface area (Å²) in [5.74, 6) is 0.0495. The summed E-state index contributed by atoms with van der Waals surface area (Å²) < 4.78 is 8.49. The van der Waals surface area contributed by atoms with Gasteiger partial charge in [-0.3, -0.25) is 13.9 Å². The van der Waals surface area contributed by atoms with E-state index < -0.39 is 11.7 Å². The third kappa shape index (κ3) is 5.76. The van der Waals surface area contributed by atoms with Crippen LogP contribution in [0.15, 0.2) is 64.2 Å². The van der Waals surface area contributed by atoms with Crippen LogP contribution in [0.4, 0.5) is 11.6 Å². The monoisotopic (exact) mass is 535 g/mol. The second-order valence-electron chi connectivity index (χ2n) is 8.60. The highest BCUT2D eigenvalue weighted by Crippen LogP contribution is 2.26. The first-order valence-corrected chi connectivity index (χ1v) is 12.3. The van der Waals surface area contributed by atoms with Gasteiger partial charge in [0.1, 0.15) is 11.6 Å². The summed E-state index contributed by atoms with van der Waals surface area (Å²) in [4.78, 5) is 46.1. The van der Waals surface area contributed by atoms with Crippen LogP contribution >= 0.6 is 11.6 Å². The summed E-state index contributed by atoms with van der Waals surface area (Å²) >= 11 is 6.02. The topological polar surface area (TPSA) is 128 Å². The molecule has 0 spiro atoms. The first kappa shape index (κ1) is 26.6. The number of pyridine rings is 2. The van der Waals surface area contributed by atoms with Crippen LogP contribution in [0.5, 0.6) is 11.6 Å². The number of anilines is 2. The number of hydrogen-bond donors (Lipinski definition) is 2. The first-order chi connectivity index (χ1) is 18.2. The molecule has 0 aliphatic carbocycles. The van der Waals surface area contributed by atoms with Crippen LogP contribution in [0.2, 0.25) is 5.02 Å². The molecule has 0 radical (unpaired) electrons. The van der Waals surface area contributed by atoms with Crippen LogP contribution in [0, 0.1) is 13.8 Å². The largest absolute Gasteiger partial charge is 0.477 e. The Morgan fingerprint density at radius 1 is 1.03 bits per heavy atom. The van der Waals surface area contributed by atoms with Gasteiger partial charge in [-0.05, 0) is 56.2 Å². The minimum absolute atomic E-state index is 0.114. The highest BCUT2D eigenvalue weighted by Gasteiger charge is 2.18. The van der Waals surface area contributed by atoms with E-state index in [1.54, 1.807) is 44.2 Å². The number of carboxylic acid groups (broad SMARTS) is 1. The van der Waals surface area contributed by atoms with Crippen molar-refractivity contribution >= 4 is 29.2 Å². The number of halogens is 1. The fourth-order valence-electron chi connectivity index (χ4n) is 3.89. The number of rotatable bonds is 9. The number of carbonyl (C=O) groups is 1. The molecule has 11 heteroatoms. The highest BCUT2D eigenvalue weighted by atomic mass is 35.5. The van der Waals surface area contributed by atoms with Gasteiger partial charge in [-0.15, -0.1) is 0 Å². The van der Waals surface area contributed by atoms with Crippen molar-refractivity contribution in [2.24, 2.45) is 0 Å². The molecule has 0 amide bonds. The summed E-state index contributed by atoms with van der Waals surface area (Å²) in [6.45, 7) is 5.81. The molecule has 0 aliphatic heterocycles. The normalized spacial score (nSPS) is 10.8. The second kappa shape index (κ2) is 11.3. The number of carboxylic acids is 1. The summed E-state index contributed by atoms with van der Waals surface area (Å²) in [5.41, 5.74) is 0.763. The van der Waals surface area contributed by atoms with E-state index in [1.165, 1.54) is 21.3 Å². The molecule has 2 N–H and O–H groups in total. The van der Waals surface area contributed by atoms with Crippen molar-refractivity contribution in [2.45, 2.75) is 40.3 Å². The van der Waals surface area contributed by atoms with Crippen molar-refractivity contribution in [1.29, 1.82) is 0 Å². The van der Waals surface area contributed by atoms with Crippen molar-refractivity contribution < 1.29 is 14.6 Å². The molecule has 0 unspecified atom stereocenters. The van der Waals surface area contributed by atoms with Gasteiger partial charge in [0.25, 0.3) is 5.56 Å². The average Bonchev–Trinajstić information content (AvgIpc) is 2.90. The molecule has 3 heterocycles. The number of aromatic carboxylic acids is 1. The SMILES string of the molecule is CCCn1c(=O)c(C)c(Nc2ccc(Oc3cccc(C(=O)O)n3)c(C)n2)n(Cc2ccc(Cl)cc2)c1=O. The van der Waals surface area contributed by atoms with E-state index in [9.17, 15) is 14.4 Å². The predicted molar refractivity (Wildman–Crippen MR) is 144 cm³/mol. The van der Waals surface area contributed by atoms with E-state index in [2.05, 4.69) is 15.3 Å². The van der Waals surface area contributed by atoms with E-state index >= 15 is 0 Å². The van der Waals surface area contributed by atoms with Gasteiger partial charge in [0.2, 0.25) is 5.88 Å². The number of hydrogen-bond acceptors (Lipinski definition) is 7. The maximum atomic E-state index is 13.4. The summed E-state index contributed by atoms with van der Waals surface area (Å²) in [6.07, 6.45) is 0.634. The van der Waals surface area contributed by atoms with Gasteiger partial charge in [-0.1, -0.05) is 36.7 Å². The standard InChI is InChI=1S/C27H26ClN5O5/c1-4-14-32-25(34)16(2)24(33(27(32)37)15-18-8-10-19(28)11-9-18)31-22-13-12-21(17(3)29-22)38-23-7-5-6-20(30-23)26(35)36/h5-13H,4,14-15H2,1-3H3,(H,29,31)(H,35,36). The molecule has 0 bridgehead atoms. The fourth-order valence-corrected chi connectivity index (χ4v) is 4.01. The maximum absolute atomic E-state index is 13.4. The molecule has 196 valence electrons. The third-order valence-electron chi connectivity index (χ3n) is 5.80. The lowest BCUT2D eigenvalue weighted by Gasteiger charge is -2.19. The Balaban J connectivity index is 1.70. The number of nitrogens with one attached hydrogen (secondary N) is 1. The van der Waals surface area contributed by atoms with Gasteiger partial charge >= 0.3 is 11.7 Å². The summed E-state index contributed by atoms with van der Waals surface area (Å²) in [5, 5.41) is 12.9. The molecule has 4 aromatic rings. The van der Waals surface area contributed by atoms with Gasteiger partial charge in [0, 0.05) is 17.6 Å². The Kier molecular flexibility index (Phi) is 7.92. The van der Waals surface area contributed by atoms with Crippen molar-refractivity contribution in [3.05, 3.63) is 103 Å². The van der Waals surface area contributed by atoms with E-state index in [4.69, 9.17) is 21.4 Å². The number of nitrogens with zero attached hydrogens (tertiary/aromatic N) is 4. The van der Waals surface area contributed by atoms with E-state index in [0.717, 1.165) is 5.56 Å². The van der Waals surface area contributed by atoms with Crippen LogP contribution in [0.1, 0.15) is 40.7 Å². The molecule has 0 aliphatic rings. The molecule has 0 atom stereocenters. The molecule has 0 fully saturated rings. The fraction of sp³-hybridized carbons (Fsp3) is 0.222. The molecule has 3 aromatic heterocycles. The van der Waals surface area contributed by atoms with Crippen LogP contribution in [0.25, 0.3) is 0 Å². The van der Waals surface area contributed by atoms with E-state index in [0.29, 0.717) is 46.6 Å². The van der Waals surface area contributed by atoms with Gasteiger partial charge < -0.3 is 15.2 Å². The molecule has 0 saturated heterocycles. The van der Waals surface area contributed by atoms with Crippen LogP contribution in [-0.4, -0.2) is 30.2 Å². The Morgan fingerprint density at radius 3 is 2.42 bits per heavy atom. The van der Waals surface area contributed by atoms with Crippen molar-refractivity contribution in [1.82, 2.24) is 19.1 Å². The number of aromatic nitrogens is 4. The van der Waals surface area contributed by atoms with Gasteiger partial charge in [0.05, 0.1) is 17.8 Å². The highest BCUT2D eigenvalue weighted by molar-refractivity contribution is 6.30. The van der Waals surface area contributed by atoms with Gasteiger partial charge in [-0.2, -0.15) is 0 Å². The van der Waals surface area contributed by atoms with E-state index in [-0.39, 0.29) is 23.7 Å². The van der Waals surface area contributed by atoms with Crippen molar-refractivity contribution in [3.8, 4) is 11.6 Å². The zero-order valence-corrected chi connectivity index (χ0v) is 21.8.